The van der Waals surface area contributed by atoms with Crippen molar-refractivity contribution in [3.63, 3.8) is 0 Å². The lowest BCUT2D eigenvalue weighted by Gasteiger charge is -1.77. The summed E-state index contributed by atoms with van der Waals surface area (Å²) in [6, 6.07) is 1.62. The molecule has 3 nitrogen and oxygen atoms in total. The maximum atomic E-state index is 10.6. The zero-order valence-corrected chi connectivity index (χ0v) is 7.01. The zero-order chi connectivity index (χ0) is 7.56. The van der Waals surface area contributed by atoms with Crippen LogP contribution in [-0.2, 0) is 5.33 Å². The second kappa shape index (κ2) is 2.96. The average Bonchev–Trinajstić information content (AvgIpc) is 2.34. The van der Waals surface area contributed by atoms with Crippen molar-refractivity contribution in [1.29, 1.82) is 0 Å². The number of nitrogens with zero attached hydrogens (tertiary/aromatic N) is 1. The molecule has 0 aromatic carbocycles. The first-order chi connectivity index (χ1) is 4.74. The molecule has 10 heavy (non-hydrogen) atoms. The Kier molecular flexibility index (Phi) is 2.21. The van der Waals surface area contributed by atoms with Gasteiger partial charge in [-0.05, 0) is 0 Å². The number of Topliss-reactive ketones (excluding diaryl/α,β-unsaturated/α-hetero) is 1. The molecule has 0 fully saturated rings. The van der Waals surface area contributed by atoms with E-state index >= 15 is 0 Å². The summed E-state index contributed by atoms with van der Waals surface area (Å²) in [5.74, 6) is 0.598. The number of hydrogen-bond acceptors (Lipinski definition) is 3. The van der Waals surface area contributed by atoms with Crippen LogP contribution < -0.4 is 0 Å². The van der Waals surface area contributed by atoms with Gasteiger partial charge in [0, 0.05) is 13.0 Å². The van der Waals surface area contributed by atoms with Crippen molar-refractivity contribution in [3.05, 3.63) is 17.5 Å². The Bertz CT molecular complexity index is 244. The number of carbonyl (C=O) groups excluding carboxylic acids is 1. The van der Waals surface area contributed by atoms with Gasteiger partial charge in [-0.25, -0.2) is 0 Å². The minimum absolute atomic E-state index is 0.0732. The van der Waals surface area contributed by atoms with E-state index in [-0.39, 0.29) is 5.78 Å². The Labute approximate surface area is 66.5 Å². The van der Waals surface area contributed by atoms with Crippen LogP contribution in [-0.4, -0.2) is 10.9 Å². The number of rotatable bonds is 2. The maximum absolute atomic E-state index is 10.6. The van der Waals surface area contributed by atoms with Crippen LogP contribution in [0.5, 0.6) is 0 Å². The lowest BCUT2D eigenvalue weighted by Crippen LogP contribution is -1.89. The Morgan fingerprint density at radius 1 is 1.90 bits per heavy atom. The molecule has 1 aromatic heterocycles. The van der Waals surface area contributed by atoms with Gasteiger partial charge in [-0.15, -0.1) is 0 Å². The van der Waals surface area contributed by atoms with Crippen molar-refractivity contribution < 1.29 is 9.32 Å². The van der Waals surface area contributed by atoms with Crippen LogP contribution in [0.2, 0.25) is 0 Å². The molecule has 0 aliphatic rings. The van der Waals surface area contributed by atoms with Crippen LogP contribution in [0.1, 0.15) is 23.2 Å². The normalized spacial score (nSPS) is 9.80. The standard InChI is InChI=1S/C6H6BrNO2/c1-4(9)6-2-5(3-7)10-8-6/h2H,3H2,1H3. The highest BCUT2D eigenvalue weighted by Crippen LogP contribution is 2.07. The second-order valence-corrected chi connectivity index (χ2v) is 2.43. The topological polar surface area (TPSA) is 43.1 Å². The molecule has 4 heteroatoms. The first-order valence-corrected chi connectivity index (χ1v) is 3.88. The summed E-state index contributed by atoms with van der Waals surface area (Å²) in [6.45, 7) is 1.45. The van der Waals surface area contributed by atoms with Gasteiger partial charge >= 0.3 is 0 Å². The summed E-state index contributed by atoms with van der Waals surface area (Å²) in [5.41, 5.74) is 0.384. The summed E-state index contributed by atoms with van der Waals surface area (Å²) >= 11 is 3.17. The molecule has 0 aliphatic heterocycles. The zero-order valence-electron chi connectivity index (χ0n) is 5.43. The minimum Gasteiger partial charge on any atom is -0.360 e. The lowest BCUT2D eigenvalue weighted by atomic mass is 10.3. The predicted molar refractivity (Wildman–Crippen MR) is 39.1 cm³/mol. The van der Waals surface area contributed by atoms with Crippen LogP contribution in [0.3, 0.4) is 0 Å². The lowest BCUT2D eigenvalue weighted by molar-refractivity contribution is 0.100. The summed E-state index contributed by atoms with van der Waals surface area (Å²) in [4.78, 5) is 10.6. The molecule has 0 aliphatic carbocycles. The minimum atomic E-state index is -0.0732. The smallest absolute Gasteiger partial charge is 0.181 e. The molecule has 0 saturated carbocycles. The van der Waals surface area contributed by atoms with Crippen LogP contribution in [0.25, 0.3) is 0 Å². The summed E-state index contributed by atoms with van der Waals surface area (Å²) in [6.07, 6.45) is 0. The molecular weight excluding hydrogens is 198 g/mol. The molecular formula is C6H6BrNO2. The largest absolute Gasteiger partial charge is 0.360 e. The first kappa shape index (κ1) is 7.47. The van der Waals surface area contributed by atoms with Gasteiger partial charge in [0.2, 0.25) is 0 Å². The van der Waals surface area contributed by atoms with Gasteiger partial charge in [0.1, 0.15) is 11.5 Å². The number of aromatic nitrogens is 1. The Balaban J connectivity index is 2.88. The number of hydrogen-bond donors (Lipinski definition) is 0. The SMILES string of the molecule is CC(=O)c1cc(CBr)on1. The van der Waals surface area contributed by atoms with E-state index in [1.807, 2.05) is 0 Å². The van der Waals surface area contributed by atoms with Crippen molar-refractivity contribution in [2.45, 2.75) is 12.3 Å². The van der Waals surface area contributed by atoms with Gasteiger partial charge in [0.05, 0.1) is 5.33 Å². The highest BCUT2D eigenvalue weighted by Gasteiger charge is 2.05. The van der Waals surface area contributed by atoms with E-state index < -0.39 is 0 Å². The molecule has 0 unspecified atom stereocenters. The third-order valence-corrected chi connectivity index (χ3v) is 1.60. The van der Waals surface area contributed by atoms with Gasteiger partial charge in [0.25, 0.3) is 0 Å². The fourth-order valence-electron chi connectivity index (χ4n) is 0.542. The van der Waals surface area contributed by atoms with Crippen LogP contribution in [0, 0.1) is 0 Å². The molecule has 0 spiro atoms. The number of halogens is 1. The van der Waals surface area contributed by atoms with Crippen molar-refractivity contribution >= 4 is 21.7 Å². The average molecular weight is 204 g/mol. The van der Waals surface area contributed by atoms with Gasteiger partial charge < -0.3 is 4.52 Å². The first-order valence-electron chi connectivity index (χ1n) is 2.76. The fourth-order valence-corrected chi connectivity index (χ4v) is 0.806. The van der Waals surface area contributed by atoms with Crippen molar-refractivity contribution in [3.8, 4) is 0 Å². The Morgan fingerprint density at radius 3 is 2.90 bits per heavy atom. The maximum Gasteiger partial charge on any atom is 0.181 e. The molecule has 0 bridgehead atoms. The summed E-state index contributed by atoms with van der Waals surface area (Å²) < 4.78 is 4.76. The molecule has 0 radical (unpaired) electrons. The van der Waals surface area contributed by atoms with Crippen molar-refractivity contribution in [2.24, 2.45) is 0 Å². The monoisotopic (exact) mass is 203 g/mol. The van der Waals surface area contributed by atoms with Crippen LogP contribution >= 0.6 is 15.9 Å². The fraction of sp³-hybridized carbons (Fsp3) is 0.333. The predicted octanol–water partition coefficient (Wildman–Crippen LogP) is 1.77. The Morgan fingerprint density at radius 2 is 2.60 bits per heavy atom. The van der Waals surface area contributed by atoms with E-state index in [0.717, 1.165) is 0 Å². The third kappa shape index (κ3) is 1.44. The highest BCUT2D eigenvalue weighted by molar-refractivity contribution is 9.08. The van der Waals surface area contributed by atoms with E-state index in [4.69, 9.17) is 4.52 Å². The third-order valence-electron chi connectivity index (χ3n) is 1.05. The summed E-state index contributed by atoms with van der Waals surface area (Å²) in [7, 11) is 0. The van der Waals surface area contributed by atoms with E-state index in [1.54, 1.807) is 6.07 Å². The number of alkyl halides is 1. The van der Waals surface area contributed by atoms with E-state index in [1.165, 1.54) is 6.92 Å². The number of ketones is 1. The van der Waals surface area contributed by atoms with Crippen molar-refractivity contribution in [2.75, 3.05) is 0 Å². The highest BCUT2D eigenvalue weighted by atomic mass is 79.9. The molecule has 0 amide bonds. The summed E-state index contributed by atoms with van der Waals surface area (Å²) in [5, 5.41) is 4.12. The van der Waals surface area contributed by atoms with Gasteiger partial charge in [-0.2, -0.15) is 0 Å². The molecule has 1 aromatic rings. The molecule has 0 saturated heterocycles. The molecule has 1 heterocycles. The Hall–Kier alpha value is -0.640. The van der Waals surface area contributed by atoms with E-state index in [0.29, 0.717) is 16.8 Å². The molecule has 0 N–H and O–H groups in total. The van der Waals surface area contributed by atoms with Crippen LogP contribution in [0.4, 0.5) is 0 Å². The quantitative estimate of drug-likeness (QED) is 0.544. The molecule has 1 rings (SSSR count). The number of carbonyl (C=O) groups is 1. The van der Waals surface area contributed by atoms with Crippen molar-refractivity contribution in [1.82, 2.24) is 5.16 Å². The van der Waals surface area contributed by atoms with Gasteiger partial charge in [-0.3, -0.25) is 4.79 Å². The van der Waals surface area contributed by atoms with Gasteiger partial charge in [-0.1, -0.05) is 21.1 Å². The van der Waals surface area contributed by atoms with E-state index in [2.05, 4.69) is 21.1 Å². The second-order valence-electron chi connectivity index (χ2n) is 1.87. The van der Waals surface area contributed by atoms with Crippen LogP contribution in [0.15, 0.2) is 10.6 Å². The van der Waals surface area contributed by atoms with Gasteiger partial charge in [0.15, 0.2) is 5.78 Å². The van der Waals surface area contributed by atoms with E-state index in [9.17, 15) is 4.79 Å². The molecule has 54 valence electrons. The molecule has 0 atom stereocenters.